The number of rotatable bonds is 2. The van der Waals surface area contributed by atoms with Crippen LogP contribution in [0.5, 0.6) is 0 Å². The Labute approximate surface area is 134 Å². The van der Waals surface area contributed by atoms with Crippen LogP contribution in [-0.2, 0) is 12.0 Å². The maximum atomic E-state index is 5.89. The summed E-state index contributed by atoms with van der Waals surface area (Å²) in [5.74, 6) is 1.54. The molecule has 1 aromatic heterocycles. The van der Waals surface area contributed by atoms with Crippen molar-refractivity contribution in [1.82, 2.24) is 15.1 Å². The van der Waals surface area contributed by atoms with Gasteiger partial charge in [-0.25, -0.2) is 0 Å². The van der Waals surface area contributed by atoms with Gasteiger partial charge in [0.05, 0.1) is 6.54 Å². The Hall–Kier alpha value is -0.900. The van der Waals surface area contributed by atoms with Crippen LogP contribution in [0.15, 0.2) is 4.42 Å². The molecule has 4 nitrogen and oxygen atoms in total. The Morgan fingerprint density at radius 1 is 1.00 bits per heavy atom. The number of hydrogen-bond donors (Lipinski definition) is 0. The van der Waals surface area contributed by atoms with E-state index in [1.165, 1.54) is 64.5 Å². The lowest BCUT2D eigenvalue weighted by molar-refractivity contribution is 0.0625. The Morgan fingerprint density at radius 2 is 1.68 bits per heavy atom. The summed E-state index contributed by atoms with van der Waals surface area (Å²) in [4.78, 5) is 2.55. The van der Waals surface area contributed by atoms with E-state index in [0.717, 1.165) is 18.3 Å². The first-order chi connectivity index (χ1) is 10.5. The van der Waals surface area contributed by atoms with E-state index in [1.54, 1.807) is 0 Å². The van der Waals surface area contributed by atoms with Crippen LogP contribution in [0.2, 0.25) is 0 Å². The van der Waals surface area contributed by atoms with E-state index < -0.39 is 0 Å². The van der Waals surface area contributed by atoms with Gasteiger partial charge in [-0.1, -0.05) is 46.5 Å². The second-order valence-corrected chi connectivity index (χ2v) is 8.48. The molecule has 0 amide bonds. The van der Waals surface area contributed by atoms with Gasteiger partial charge in [-0.15, -0.1) is 10.2 Å². The van der Waals surface area contributed by atoms with E-state index >= 15 is 0 Å². The number of nitrogens with zero attached hydrogens (tertiary/aromatic N) is 3. The highest BCUT2D eigenvalue weighted by Crippen LogP contribution is 2.42. The summed E-state index contributed by atoms with van der Waals surface area (Å²) in [6.45, 7) is 9.57. The van der Waals surface area contributed by atoms with Crippen molar-refractivity contribution >= 4 is 0 Å². The number of likely N-dealkylation sites (tertiary alicyclic amines) is 1. The fourth-order valence-electron chi connectivity index (χ4n) is 4.14. The molecule has 0 N–H and O–H groups in total. The predicted molar refractivity (Wildman–Crippen MR) is 87.6 cm³/mol. The zero-order chi connectivity index (χ0) is 15.6. The Bertz CT molecular complexity index is 481. The van der Waals surface area contributed by atoms with E-state index in [2.05, 4.69) is 35.9 Å². The summed E-state index contributed by atoms with van der Waals surface area (Å²) < 4.78 is 5.89. The number of hydrogen-bond acceptors (Lipinski definition) is 4. The molecule has 0 radical (unpaired) electrons. The second kappa shape index (κ2) is 6.31. The smallest absolute Gasteiger partial charge is 0.230 e. The summed E-state index contributed by atoms with van der Waals surface area (Å²) >= 11 is 0. The van der Waals surface area contributed by atoms with Gasteiger partial charge in [0.25, 0.3) is 0 Å². The molecule has 3 rings (SSSR count). The van der Waals surface area contributed by atoms with Crippen LogP contribution in [0.1, 0.15) is 83.9 Å². The van der Waals surface area contributed by atoms with Gasteiger partial charge in [-0.3, -0.25) is 4.90 Å². The average molecular weight is 305 g/mol. The molecule has 1 saturated heterocycles. The lowest BCUT2D eigenvalue weighted by Gasteiger charge is -2.42. The van der Waals surface area contributed by atoms with Gasteiger partial charge in [0.15, 0.2) is 0 Å². The quantitative estimate of drug-likeness (QED) is 0.817. The van der Waals surface area contributed by atoms with E-state index in [9.17, 15) is 0 Å². The third kappa shape index (κ3) is 3.70. The minimum absolute atomic E-state index is 0.0599. The standard InChI is InChI=1S/C18H31N3O/c1-17(2,3)16-20-19-15(22-16)13-21-12-8-11-18(14-21)9-6-4-5-7-10-18/h4-14H2,1-3H3. The molecule has 0 aromatic carbocycles. The van der Waals surface area contributed by atoms with Gasteiger partial charge in [0.2, 0.25) is 11.8 Å². The predicted octanol–water partition coefficient (Wildman–Crippen LogP) is 4.30. The SMILES string of the molecule is CC(C)(C)c1nnc(CN2CCCC3(CCCCCC3)C2)o1. The van der Waals surface area contributed by atoms with Gasteiger partial charge in [0, 0.05) is 12.0 Å². The van der Waals surface area contributed by atoms with E-state index in [0.29, 0.717) is 5.41 Å². The van der Waals surface area contributed by atoms with Gasteiger partial charge in [-0.05, 0) is 37.6 Å². The van der Waals surface area contributed by atoms with Crippen molar-refractivity contribution in [2.24, 2.45) is 5.41 Å². The van der Waals surface area contributed by atoms with Crippen molar-refractivity contribution in [2.75, 3.05) is 13.1 Å². The van der Waals surface area contributed by atoms with Gasteiger partial charge < -0.3 is 4.42 Å². The van der Waals surface area contributed by atoms with Crippen LogP contribution >= 0.6 is 0 Å². The van der Waals surface area contributed by atoms with Crippen LogP contribution in [0.25, 0.3) is 0 Å². The molecule has 1 spiro atoms. The first-order valence-electron chi connectivity index (χ1n) is 9.02. The monoisotopic (exact) mass is 305 g/mol. The van der Waals surface area contributed by atoms with Crippen molar-refractivity contribution in [3.8, 4) is 0 Å². The Morgan fingerprint density at radius 3 is 2.32 bits per heavy atom. The summed E-state index contributed by atoms with van der Waals surface area (Å²) in [7, 11) is 0. The third-order valence-electron chi connectivity index (χ3n) is 5.37. The van der Waals surface area contributed by atoms with Crippen LogP contribution in [0, 0.1) is 5.41 Å². The van der Waals surface area contributed by atoms with Crippen LogP contribution in [-0.4, -0.2) is 28.2 Å². The van der Waals surface area contributed by atoms with E-state index in [4.69, 9.17) is 4.42 Å². The molecule has 1 aliphatic carbocycles. The molecule has 0 unspecified atom stereocenters. The van der Waals surface area contributed by atoms with Gasteiger partial charge >= 0.3 is 0 Å². The van der Waals surface area contributed by atoms with Crippen LogP contribution < -0.4 is 0 Å². The Balaban J connectivity index is 1.64. The second-order valence-electron chi connectivity index (χ2n) is 8.48. The highest BCUT2D eigenvalue weighted by atomic mass is 16.4. The van der Waals surface area contributed by atoms with Crippen molar-refractivity contribution in [3.63, 3.8) is 0 Å². The molecule has 1 aliphatic heterocycles. The zero-order valence-corrected chi connectivity index (χ0v) is 14.5. The van der Waals surface area contributed by atoms with Crippen molar-refractivity contribution < 1.29 is 4.42 Å². The minimum atomic E-state index is -0.0599. The molecule has 2 fully saturated rings. The highest BCUT2D eigenvalue weighted by Gasteiger charge is 2.36. The summed E-state index contributed by atoms with van der Waals surface area (Å²) in [5, 5.41) is 8.50. The summed E-state index contributed by atoms with van der Waals surface area (Å²) in [6.07, 6.45) is 11.3. The molecule has 0 atom stereocenters. The van der Waals surface area contributed by atoms with Gasteiger partial charge in [0.1, 0.15) is 0 Å². The average Bonchev–Trinajstić information content (AvgIpc) is 2.81. The molecular formula is C18H31N3O. The molecule has 1 aromatic rings. The molecule has 0 bridgehead atoms. The number of aromatic nitrogens is 2. The van der Waals surface area contributed by atoms with Crippen molar-refractivity contribution in [3.05, 3.63) is 11.8 Å². The third-order valence-corrected chi connectivity index (χ3v) is 5.37. The molecular weight excluding hydrogens is 274 g/mol. The molecule has 124 valence electrons. The van der Waals surface area contributed by atoms with Crippen molar-refractivity contribution in [2.45, 2.75) is 84.1 Å². The van der Waals surface area contributed by atoms with Gasteiger partial charge in [-0.2, -0.15) is 0 Å². The zero-order valence-electron chi connectivity index (χ0n) is 14.5. The van der Waals surface area contributed by atoms with Crippen LogP contribution in [0.3, 0.4) is 0 Å². The maximum absolute atomic E-state index is 5.89. The summed E-state index contributed by atoms with van der Waals surface area (Å²) in [5.41, 5.74) is 0.511. The minimum Gasteiger partial charge on any atom is -0.423 e. The molecule has 2 aliphatic rings. The lowest BCUT2D eigenvalue weighted by atomic mass is 9.74. The van der Waals surface area contributed by atoms with Crippen LogP contribution in [0.4, 0.5) is 0 Å². The molecule has 2 heterocycles. The largest absolute Gasteiger partial charge is 0.423 e. The molecule has 1 saturated carbocycles. The maximum Gasteiger partial charge on any atom is 0.230 e. The number of piperidine rings is 1. The summed E-state index contributed by atoms with van der Waals surface area (Å²) in [6, 6.07) is 0. The first kappa shape index (κ1) is 16.0. The Kier molecular flexibility index (Phi) is 4.58. The normalized spacial score (nSPS) is 23.6. The lowest BCUT2D eigenvalue weighted by Crippen LogP contribution is -2.42. The first-order valence-corrected chi connectivity index (χ1v) is 9.02. The van der Waals surface area contributed by atoms with E-state index in [1.807, 2.05) is 0 Å². The fraction of sp³-hybridized carbons (Fsp3) is 0.889. The topological polar surface area (TPSA) is 42.2 Å². The van der Waals surface area contributed by atoms with Crippen molar-refractivity contribution in [1.29, 1.82) is 0 Å². The molecule has 22 heavy (non-hydrogen) atoms. The molecule has 4 heteroatoms. The highest BCUT2D eigenvalue weighted by molar-refractivity contribution is 4.97. The van der Waals surface area contributed by atoms with E-state index in [-0.39, 0.29) is 5.41 Å². The fourth-order valence-corrected chi connectivity index (χ4v) is 4.14.